The fraction of sp³-hybridized carbons (Fsp3) is 0.471. The summed E-state index contributed by atoms with van der Waals surface area (Å²) in [5.74, 6) is 0.631. The van der Waals surface area contributed by atoms with Crippen molar-refractivity contribution in [3.05, 3.63) is 42.5 Å². The van der Waals surface area contributed by atoms with Crippen LogP contribution in [0.3, 0.4) is 0 Å². The van der Waals surface area contributed by atoms with Gasteiger partial charge in [-0.1, -0.05) is 31.6 Å². The van der Waals surface area contributed by atoms with Crippen LogP contribution in [0.15, 0.2) is 36.9 Å². The third-order valence-electron chi connectivity index (χ3n) is 4.04. The molecule has 1 aliphatic rings. The van der Waals surface area contributed by atoms with Crippen molar-refractivity contribution < 1.29 is 14.6 Å². The Balaban J connectivity index is 2.19. The van der Waals surface area contributed by atoms with E-state index in [1.165, 1.54) is 6.08 Å². The summed E-state index contributed by atoms with van der Waals surface area (Å²) in [6, 6.07) is 7.52. The van der Waals surface area contributed by atoms with Gasteiger partial charge in [-0.15, -0.1) is 0 Å². The number of aliphatic hydroxyl groups excluding tert-OH is 1. The van der Waals surface area contributed by atoms with Gasteiger partial charge in [0.25, 0.3) is 0 Å². The summed E-state index contributed by atoms with van der Waals surface area (Å²) >= 11 is 0. The van der Waals surface area contributed by atoms with Crippen molar-refractivity contribution in [3.63, 3.8) is 0 Å². The molecule has 2 rings (SSSR count). The number of nitrogens with zero attached hydrogens (tertiary/aromatic N) is 1. The average Bonchev–Trinajstić information content (AvgIpc) is 2.53. The number of carbonyl (C=O) groups is 1. The zero-order valence-electron chi connectivity index (χ0n) is 12.5. The number of methoxy groups -OCH3 is 1. The van der Waals surface area contributed by atoms with Gasteiger partial charge in [-0.25, -0.2) is 0 Å². The molecule has 4 nitrogen and oxygen atoms in total. The fourth-order valence-electron chi connectivity index (χ4n) is 2.90. The average molecular weight is 289 g/mol. The number of benzene rings is 1. The van der Waals surface area contributed by atoms with Gasteiger partial charge in [0.05, 0.1) is 19.3 Å². The van der Waals surface area contributed by atoms with Crippen molar-refractivity contribution in [2.75, 3.05) is 7.11 Å². The van der Waals surface area contributed by atoms with E-state index in [1.807, 2.05) is 24.3 Å². The Labute approximate surface area is 126 Å². The minimum atomic E-state index is -0.451. The molecule has 1 aromatic rings. The Morgan fingerprint density at radius 3 is 2.90 bits per heavy atom. The largest absolute Gasteiger partial charge is 0.497 e. The van der Waals surface area contributed by atoms with Crippen molar-refractivity contribution in [1.29, 1.82) is 0 Å². The second-order valence-corrected chi connectivity index (χ2v) is 5.44. The first-order valence-electron chi connectivity index (χ1n) is 7.39. The van der Waals surface area contributed by atoms with Gasteiger partial charge >= 0.3 is 0 Å². The summed E-state index contributed by atoms with van der Waals surface area (Å²) in [5, 5.41) is 10.2. The van der Waals surface area contributed by atoms with E-state index < -0.39 is 6.10 Å². The van der Waals surface area contributed by atoms with Crippen LogP contribution < -0.4 is 4.74 Å². The molecule has 1 fully saturated rings. The summed E-state index contributed by atoms with van der Waals surface area (Å²) in [6.07, 6.45) is 4.53. The third-order valence-corrected chi connectivity index (χ3v) is 4.04. The number of carbonyl (C=O) groups excluding carboxylic acids is 1. The maximum Gasteiger partial charge on any atom is 0.246 e. The number of hydrogen-bond donors (Lipinski definition) is 1. The molecule has 0 radical (unpaired) electrons. The van der Waals surface area contributed by atoms with E-state index in [0.29, 0.717) is 6.54 Å². The molecule has 0 unspecified atom stereocenters. The highest BCUT2D eigenvalue weighted by Gasteiger charge is 2.30. The summed E-state index contributed by atoms with van der Waals surface area (Å²) in [7, 11) is 1.62. The van der Waals surface area contributed by atoms with Crippen LogP contribution in [-0.4, -0.2) is 35.2 Å². The second kappa shape index (κ2) is 7.27. The Morgan fingerprint density at radius 1 is 1.48 bits per heavy atom. The van der Waals surface area contributed by atoms with Gasteiger partial charge in [0, 0.05) is 6.54 Å². The van der Waals surface area contributed by atoms with Crippen molar-refractivity contribution >= 4 is 5.91 Å². The van der Waals surface area contributed by atoms with Gasteiger partial charge in [0.15, 0.2) is 0 Å². The summed E-state index contributed by atoms with van der Waals surface area (Å²) < 4.78 is 5.22. The summed E-state index contributed by atoms with van der Waals surface area (Å²) in [5.41, 5.74) is 0.988. The normalized spacial score (nSPS) is 21.6. The highest BCUT2D eigenvalue weighted by Crippen LogP contribution is 2.25. The first-order chi connectivity index (χ1) is 10.2. The lowest BCUT2D eigenvalue weighted by molar-refractivity contribution is -0.132. The van der Waals surface area contributed by atoms with Gasteiger partial charge < -0.3 is 14.7 Å². The molecule has 4 heteroatoms. The Hall–Kier alpha value is -1.81. The summed E-state index contributed by atoms with van der Waals surface area (Å²) in [4.78, 5) is 13.9. The van der Waals surface area contributed by atoms with Crippen LogP contribution >= 0.6 is 0 Å². The molecule has 1 saturated carbocycles. The minimum Gasteiger partial charge on any atom is -0.497 e. The van der Waals surface area contributed by atoms with Crippen LogP contribution in [0.1, 0.15) is 31.2 Å². The maximum atomic E-state index is 12.2. The molecular formula is C17H23NO3. The van der Waals surface area contributed by atoms with Gasteiger partial charge in [-0.2, -0.15) is 0 Å². The lowest BCUT2D eigenvalue weighted by Crippen LogP contribution is -2.47. The maximum absolute atomic E-state index is 12.2. The molecule has 21 heavy (non-hydrogen) atoms. The van der Waals surface area contributed by atoms with E-state index in [2.05, 4.69) is 6.58 Å². The SMILES string of the molecule is C=CC(=O)N(Cc1cccc(OC)c1)[C@@H]1CCCC[C@H]1O. The van der Waals surface area contributed by atoms with E-state index in [1.54, 1.807) is 12.0 Å². The lowest BCUT2D eigenvalue weighted by atomic mass is 9.91. The van der Waals surface area contributed by atoms with Crippen molar-refractivity contribution in [3.8, 4) is 5.75 Å². The topological polar surface area (TPSA) is 49.8 Å². The van der Waals surface area contributed by atoms with Crippen LogP contribution in [0, 0.1) is 0 Å². The fourth-order valence-corrected chi connectivity index (χ4v) is 2.90. The number of ether oxygens (including phenoxy) is 1. The number of aliphatic hydroxyl groups is 1. The molecule has 1 aromatic carbocycles. The molecule has 0 bridgehead atoms. The van der Waals surface area contributed by atoms with E-state index in [-0.39, 0.29) is 11.9 Å². The second-order valence-electron chi connectivity index (χ2n) is 5.44. The molecule has 1 N–H and O–H groups in total. The van der Waals surface area contributed by atoms with Crippen molar-refractivity contribution in [1.82, 2.24) is 4.90 Å². The lowest BCUT2D eigenvalue weighted by Gasteiger charge is -2.37. The first kappa shape index (κ1) is 15.6. The van der Waals surface area contributed by atoms with Gasteiger partial charge in [0.2, 0.25) is 5.91 Å². The molecule has 0 aromatic heterocycles. The highest BCUT2D eigenvalue weighted by atomic mass is 16.5. The van der Waals surface area contributed by atoms with Crippen molar-refractivity contribution in [2.45, 2.75) is 44.4 Å². The monoisotopic (exact) mass is 289 g/mol. The first-order valence-corrected chi connectivity index (χ1v) is 7.39. The van der Waals surface area contributed by atoms with E-state index in [4.69, 9.17) is 4.74 Å². The van der Waals surface area contributed by atoms with Crippen LogP contribution in [0.25, 0.3) is 0 Å². The van der Waals surface area contributed by atoms with E-state index >= 15 is 0 Å². The Bertz CT molecular complexity index is 501. The Kier molecular flexibility index (Phi) is 5.39. The predicted molar refractivity (Wildman–Crippen MR) is 82.0 cm³/mol. The van der Waals surface area contributed by atoms with Gasteiger partial charge in [-0.05, 0) is 36.6 Å². The van der Waals surface area contributed by atoms with E-state index in [0.717, 1.165) is 37.0 Å². The summed E-state index contributed by atoms with van der Waals surface area (Å²) in [6.45, 7) is 4.04. The zero-order chi connectivity index (χ0) is 15.2. The van der Waals surface area contributed by atoms with Crippen LogP contribution in [0.4, 0.5) is 0 Å². The molecule has 0 spiro atoms. The molecule has 0 aliphatic heterocycles. The molecular weight excluding hydrogens is 266 g/mol. The smallest absolute Gasteiger partial charge is 0.246 e. The minimum absolute atomic E-state index is 0.129. The molecule has 0 heterocycles. The number of rotatable bonds is 5. The predicted octanol–water partition coefficient (Wildman–Crippen LogP) is 2.51. The standard InChI is InChI=1S/C17H23NO3/c1-3-17(20)18(15-9-4-5-10-16(15)19)12-13-7-6-8-14(11-13)21-2/h3,6-8,11,15-16,19H,1,4-5,9-10,12H2,2H3/t15-,16-/m1/s1. The number of hydrogen-bond acceptors (Lipinski definition) is 3. The van der Waals surface area contributed by atoms with Crippen LogP contribution in [0.5, 0.6) is 5.75 Å². The zero-order valence-corrected chi connectivity index (χ0v) is 12.5. The van der Waals surface area contributed by atoms with Gasteiger partial charge in [-0.3, -0.25) is 4.79 Å². The van der Waals surface area contributed by atoms with Gasteiger partial charge in [0.1, 0.15) is 5.75 Å². The molecule has 114 valence electrons. The molecule has 2 atom stereocenters. The van der Waals surface area contributed by atoms with Crippen LogP contribution in [-0.2, 0) is 11.3 Å². The quantitative estimate of drug-likeness (QED) is 0.847. The molecule has 1 amide bonds. The van der Waals surface area contributed by atoms with Crippen molar-refractivity contribution in [2.24, 2.45) is 0 Å². The van der Waals surface area contributed by atoms with E-state index in [9.17, 15) is 9.90 Å². The Morgan fingerprint density at radius 2 is 2.24 bits per heavy atom. The molecule has 1 aliphatic carbocycles. The third kappa shape index (κ3) is 3.85. The number of amides is 1. The molecule has 0 saturated heterocycles. The van der Waals surface area contributed by atoms with Crippen LogP contribution in [0.2, 0.25) is 0 Å². The highest BCUT2D eigenvalue weighted by molar-refractivity contribution is 5.87.